The summed E-state index contributed by atoms with van der Waals surface area (Å²) in [7, 11) is -4.05. The predicted octanol–water partition coefficient (Wildman–Crippen LogP) is 2.54. The molecule has 112 valence electrons. The second-order valence-electron chi connectivity index (χ2n) is 4.69. The maximum Gasteiger partial charge on any atom is 0.327 e. The summed E-state index contributed by atoms with van der Waals surface area (Å²) < 4.78 is 10.8. The van der Waals surface area contributed by atoms with Gasteiger partial charge >= 0.3 is 7.60 Å². The van der Waals surface area contributed by atoms with Crippen molar-refractivity contribution in [2.45, 2.75) is 45.4 Å². The van der Waals surface area contributed by atoms with Crippen molar-refractivity contribution in [3.8, 4) is 0 Å². The minimum Gasteiger partial charge on any atom is -0.339 e. The van der Waals surface area contributed by atoms with Crippen LogP contribution < -0.4 is 0 Å². The summed E-state index contributed by atoms with van der Waals surface area (Å²) in [4.78, 5) is 30.7. The molecule has 0 radical (unpaired) electrons. The van der Waals surface area contributed by atoms with Crippen LogP contribution >= 0.6 is 7.60 Å². The van der Waals surface area contributed by atoms with Crippen molar-refractivity contribution in [1.29, 1.82) is 0 Å². The highest BCUT2D eigenvalue weighted by Crippen LogP contribution is 2.33. The van der Waals surface area contributed by atoms with Crippen molar-refractivity contribution in [1.82, 2.24) is 4.90 Å². The average Bonchev–Trinajstić information content (AvgIpc) is 2.35. The van der Waals surface area contributed by atoms with Crippen LogP contribution in [-0.2, 0) is 9.36 Å². The van der Waals surface area contributed by atoms with Crippen LogP contribution in [0.3, 0.4) is 0 Å². The number of hydrogen-bond acceptors (Lipinski definition) is 2. The summed E-state index contributed by atoms with van der Waals surface area (Å²) in [6, 6.07) is 0. The Morgan fingerprint density at radius 2 is 1.74 bits per heavy atom. The van der Waals surface area contributed by atoms with E-state index in [9.17, 15) is 9.36 Å². The first-order valence-corrected chi connectivity index (χ1v) is 8.66. The van der Waals surface area contributed by atoms with Gasteiger partial charge in [0.2, 0.25) is 5.91 Å². The molecule has 2 N–H and O–H groups in total. The van der Waals surface area contributed by atoms with Crippen LogP contribution in [0.4, 0.5) is 0 Å². The number of rotatable bonds is 11. The van der Waals surface area contributed by atoms with Gasteiger partial charge in [-0.2, -0.15) is 0 Å². The van der Waals surface area contributed by atoms with Gasteiger partial charge in [0.05, 0.1) is 6.16 Å². The van der Waals surface area contributed by atoms with Crippen LogP contribution in [0.2, 0.25) is 0 Å². The Kier molecular flexibility index (Phi) is 9.84. The molecule has 0 aliphatic heterocycles. The van der Waals surface area contributed by atoms with E-state index >= 15 is 0 Å². The molecule has 0 atom stereocenters. The zero-order valence-electron chi connectivity index (χ0n) is 11.8. The molecule has 0 saturated carbocycles. The number of unbranched alkanes of at least 4 members (excludes halogenated alkanes) is 5. The second kappa shape index (κ2) is 10.2. The van der Waals surface area contributed by atoms with Crippen LogP contribution in [0.25, 0.3) is 0 Å². The van der Waals surface area contributed by atoms with Crippen molar-refractivity contribution in [3.05, 3.63) is 12.7 Å². The van der Waals surface area contributed by atoms with Gasteiger partial charge < -0.3 is 14.7 Å². The van der Waals surface area contributed by atoms with Crippen molar-refractivity contribution in [2.24, 2.45) is 0 Å². The van der Waals surface area contributed by atoms with Gasteiger partial charge in [0, 0.05) is 13.1 Å². The van der Waals surface area contributed by atoms with Gasteiger partial charge in [-0.05, 0) is 12.5 Å². The zero-order chi connectivity index (χ0) is 14.7. The fourth-order valence-electron chi connectivity index (χ4n) is 1.80. The van der Waals surface area contributed by atoms with E-state index in [1.54, 1.807) is 0 Å². The SMILES string of the molecule is C=CC(=O)N(CCCCCCCC)CCP(=O)(O)O. The summed E-state index contributed by atoms with van der Waals surface area (Å²) in [5.41, 5.74) is 0. The highest BCUT2D eigenvalue weighted by atomic mass is 31.2. The Morgan fingerprint density at radius 1 is 1.16 bits per heavy atom. The lowest BCUT2D eigenvalue weighted by atomic mass is 10.1. The minimum absolute atomic E-state index is 0.0874. The Balaban J connectivity index is 3.97. The fraction of sp³-hybridized carbons (Fsp3) is 0.769. The van der Waals surface area contributed by atoms with Crippen molar-refractivity contribution in [2.75, 3.05) is 19.3 Å². The normalized spacial score (nSPS) is 11.3. The van der Waals surface area contributed by atoms with Gasteiger partial charge in [-0.25, -0.2) is 0 Å². The van der Waals surface area contributed by atoms with Crippen LogP contribution in [0, 0.1) is 0 Å². The number of hydrogen-bond donors (Lipinski definition) is 2. The first-order valence-electron chi connectivity index (χ1n) is 6.86. The predicted molar refractivity (Wildman–Crippen MR) is 77.1 cm³/mol. The van der Waals surface area contributed by atoms with Gasteiger partial charge in [0.25, 0.3) is 0 Å². The zero-order valence-corrected chi connectivity index (χ0v) is 12.6. The van der Waals surface area contributed by atoms with E-state index in [0.717, 1.165) is 19.3 Å². The summed E-state index contributed by atoms with van der Waals surface area (Å²) in [6.45, 7) is 6.19. The Bertz CT molecular complexity index is 314. The average molecular weight is 291 g/mol. The van der Waals surface area contributed by atoms with Gasteiger partial charge in [-0.15, -0.1) is 0 Å². The van der Waals surface area contributed by atoms with E-state index in [1.807, 2.05) is 0 Å². The van der Waals surface area contributed by atoms with Crippen LogP contribution in [0.1, 0.15) is 45.4 Å². The number of nitrogens with zero attached hydrogens (tertiary/aromatic N) is 1. The lowest BCUT2D eigenvalue weighted by Gasteiger charge is -2.21. The maximum atomic E-state index is 11.6. The van der Waals surface area contributed by atoms with Crippen molar-refractivity contribution in [3.63, 3.8) is 0 Å². The highest BCUT2D eigenvalue weighted by Gasteiger charge is 2.17. The topological polar surface area (TPSA) is 77.8 Å². The Hall–Kier alpha value is -0.640. The molecule has 6 heteroatoms. The number of carbonyl (C=O) groups is 1. The number of amides is 1. The third-order valence-corrected chi connectivity index (χ3v) is 3.71. The summed E-state index contributed by atoms with van der Waals surface area (Å²) in [5.74, 6) is -0.262. The Morgan fingerprint density at radius 3 is 2.26 bits per heavy atom. The van der Waals surface area contributed by atoms with E-state index in [-0.39, 0.29) is 18.6 Å². The first-order chi connectivity index (χ1) is 8.90. The molecule has 0 aliphatic carbocycles. The molecule has 0 fully saturated rings. The van der Waals surface area contributed by atoms with Crippen LogP contribution in [0.15, 0.2) is 12.7 Å². The molecule has 5 nitrogen and oxygen atoms in total. The van der Waals surface area contributed by atoms with Gasteiger partial charge in [0.15, 0.2) is 0 Å². The molecule has 0 bridgehead atoms. The molecule has 0 aromatic rings. The van der Waals surface area contributed by atoms with Crippen LogP contribution in [0.5, 0.6) is 0 Å². The van der Waals surface area contributed by atoms with Gasteiger partial charge in [-0.1, -0.05) is 45.6 Å². The molecule has 0 rings (SSSR count). The second-order valence-corrected chi connectivity index (χ2v) is 6.46. The fourth-order valence-corrected chi connectivity index (χ4v) is 2.30. The van der Waals surface area contributed by atoms with E-state index in [2.05, 4.69) is 13.5 Å². The quantitative estimate of drug-likeness (QED) is 0.348. The molecule has 0 aromatic carbocycles. The smallest absolute Gasteiger partial charge is 0.327 e. The molecule has 0 saturated heterocycles. The minimum atomic E-state index is -4.05. The number of carbonyl (C=O) groups excluding carboxylic acids is 1. The van der Waals surface area contributed by atoms with E-state index in [4.69, 9.17) is 9.79 Å². The van der Waals surface area contributed by atoms with E-state index < -0.39 is 7.60 Å². The third kappa shape index (κ3) is 10.9. The van der Waals surface area contributed by atoms with E-state index in [1.165, 1.54) is 30.2 Å². The third-order valence-electron chi connectivity index (χ3n) is 2.93. The maximum absolute atomic E-state index is 11.6. The molecular formula is C13H26NO4P. The van der Waals surface area contributed by atoms with Crippen molar-refractivity contribution >= 4 is 13.5 Å². The molecular weight excluding hydrogens is 265 g/mol. The van der Waals surface area contributed by atoms with Gasteiger partial charge in [0.1, 0.15) is 0 Å². The largest absolute Gasteiger partial charge is 0.339 e. The standard InChI is InChI=1S/C13H26NO4P/c1-3-5-6-7-8-9-10-14(13(15)4-2)11-12-19(16,17)18/h4H,2-3,5-12H2,1H3,(H2,16,17,18). The molecule has 0 aromatic heterocycles. The molecule has 19 heavy (non-hydrogen) atoms. The monoisotopic (exact) mass is 291 g/mol. The molecule has 1 amide bonds. The van der Waals surface area contributed by atoms with Gasteiger partial charge in [-0.3, -0.25) is 9.36 Å². The molecule has 0 aliphatic rings. The lowest BCUT2D eigenvalue weighted by molar-refractivity contribution is -0.125. The van der Waals surface area contributed by atoms with Crippen molar-refractivity contribution < 1.29 is 19.1 Å². The lowest BCUT2D eigenvalue weighted by Crippen LogP contribution is -2.33. The summed E-state index contributed by atoms with van der Waals surface area (Å²) in [6.07, 6.45) is 7.58. The summed E-state index contributed by atoms with van der Waals surface area (Å²) in [5, 5.41) is 0. The highest BCUT2D eigenvalue weighted by molar-refractivity contribution is 7.51. The molecule has 0 spiro atoms. The van der Waals surface area contributed by atoms with Crippen LogP contribution in [-0.4, -0.2) is 39.8 Å². The Labute approximate surface area is 115 Å². The summed E-state index contributed by atoms with van der Waals surface area (Å²) >= 11 is 0. The molecule has 0 heterocycles. The molecule has 0 unspecified atom stereocenters. The van der Waals surface area contributed by atoms with E-state index in [0.29, 0.717) is 6.54 Å². The first kappa shape index (κ1) is 18.4.